The Kier molecular flexibility index (Phi) is 8.45. The van der Waals surface area contributed by atoms with Gasteiger partial charge in [-0.1, -0.05) is 41.4 Å². The van der Waals surface area contributed by atoms with Crippen molar-refractivity contribution in [2.45, 2.75) is 12.1 Å². The molecule has 0 unspecified atom stereocenters. The maximum Gasteiger partial charge on any atom is 0.205 e. The Morgan fingerprint density at radius 2 is 1.89 bits per heavy atom. The molecule has 2 atom stereocenters. The summed E-state index contributed by atoms with van der Waals surface area (Å²) >= 11 is 12.8. The lowest BCUT2D eigenvalue weighted by Gasteiger charge is -2.45. The quantitative estimate of drug-likeness (QED) is 0.418. The Hall–Kier alpha value is -2.86. The van der Waals surface area contributed by atoms with E-state index < -0.39 is 0 Å². The predicted molar refractivity (Wildman–Crippen MR) is 137 cm³/mol. The molecule has 1 aliphatic rings. The Balaban J connectivity index is 1.64. The van der Waals surface area contributed by atoms with Crippen LogP contribution in [-0.4, -0.2) is 59.6 Å². The van der Waals surface area contributed by atoms with E-state index in [1.54, 1.807) is 18.2 Å². The molecule has 182 valence electrons. The van der Waals surface area contributed by atoms with E-state index in [1.807, 2.05) is 36.4 Å². The fourth-order valence-electron chi connectivity index (χ4n) is 4.38. The number of piperazine rings is 1. The molecule has 1 aromatic heterocycles. The van der Waals surface area contributed by atoms with Crippen LogP contribution in [0.1, 0.15) is 23.3 Å². The van der Waals surface area contributed by atoms with E-state index in [0.29, 0.717) is 41.1 Å². The molecule has 7 nitrogen and oxygen atoms in total. The normalized spacial score (nSPS) is 17.1. The number of aliphatic hydroxyl groups excluding tert-OH is 2. The molecule has 3 aromatic rings. The fourth-order valence-corrected chi connectivity index (χ4v) is 4.78. The van der Waals surface area contributed by atoms with E-state index in [0.717, 1.165) is 16.9 Å². The summed E-state index contributed by atoms with van der Waals surface area (Å²) in [5.41, 5.74) is 3.15. The van der Waals surface area contributed by atoms with Crippen molar-refractivity contribution in [3.63, 3.8) is 0 Å². The average molecular weight is 513 g/mol. The Labute approximate surface area is 214 Å². The summed E-state index contributed by atoms with van der Waals surface area (Å²) in [6.45, 7) is 9.17. The molecule has 2 N–H and O–H groups in total. The summed E-state index contributed by atoms with van der Waals surface area (Å²) in [6.07, 6.45) is 1.54. The zero-order valence-electron chi connectivity index (χ0n) is 19.0. The van der Waals surface area contributed by atoms with Crippen LogP contribution in [-0.2, 0) is 0 Å². The predicted octanol–water partition coefficient (Wildman–Crippen LogP) is 4.91. The first-order chi connectivity index (χ1) is 17.0. The van der Waals surface area contributed by atoms with Crippen LogP contribution in [0.4, 0.5) is 11.4 Å². The first kappa shape index (κ1) is 25.2. The van der Waals surface area contributed by atoms with Crippen LogP contribution in [0.3, 0.4) is 0 Å². The number of aliphatic hydroxyl groups is 2. The van der Waals surface area contributed by atoms with Gasteiger partial charge in [-0.05, 0) is 35.9 Å². The number of benzene rings is 2. The first-order valence-corrected chi connectivity index (χ1v) is 12.0. The number of hydrogen-bond donors (Lipinski definition) is 2. The minimum atomic E-state index is -0.295. The molecular formula is C26H26Cl2N4O3. The molecule has 0 saturated carbocycles. The largest absolute Gasteiger partial charge is 0.491 e. The van der Waals surface area contributed by atoms with Crippen LogP contribution in [0.25, 0.3) is 4.85 Å². The number of anilines is 1. The van der Waals surface area contributed by atoms with Gasteiger partial charge in [-0.25, -0.2) is 4.85 Å². The Bertz CT molecular complexity index is 1170. The van der Waals surface area contributed by atoms with Crippen LogP contribution in [0.15, 0.2) is 60.8 Å². The highest BCUT2D eigenvalue weighted by molar-refractivity contribution is 6.33. The SMILES string of the molecule is [C-]#[N+]c1ccc([C@@H](CO)N2CCN(c3ccc(OCCO)cc3Cl)[C@H](c3ccc(Cl)cc3)C2)nc1. The van der Waals surface area contributed by atoms with E-state index in [1.165, 1.54) is 6.20 Å². The van der Waals surface area contributed by atoms with Gasteiger partial charge in [0.1, 0.15) is 12.4 Å². The van der Waals surface area contributed by atoms with Gasteiger partial charge in [0.25, 0.3) is 0 Å². The lowest BCUT2D eigenvalue weighted by molar-refractivity contribution is 0.100. The minimum absolute atomic E-state index is 0.0562. The smallest absolute Gasteiger partial charge is 0.205 e. The molecule has 0 radical (unpaired) electrons. The second-order valence-corrected chi connectivity index (χ2v) is 9.04. The second kappa shape index (κ2) is 11.7. The molecular weight excluding hydrogens is 487 g/mol. The summed E-state index contributed by atoms with van der Waals surface area (Å²) in [7, 11) is 0. The summed E-state index contributed by atoms with van der Waals surface area (Å²) in [5, 5.41) is 20.5. The van der Waals surface area contributed by atoms with Gasteiger partial charge in [0.15, 0.2) is 0 Å². The van der Waals surface area contributed by atoms with Crippen molar-refractivity contribution in [1.82, 2.24) is 9.88 Å². The lowest BCUT2D eigenvalue weighted by Crippen LogP contribution is -2.50. The van der Waals surface area contributed by atoms with Gasteiger partial charge in [0, 0.05) is 36.9 Å². The van der Waals surface area contributed by atoms with Crippen LogP contribution in [0, 0.1) is 6.57 Å². The highest BCUT2D eigenvalue weighted by Gasteiger charge is 2.33. The van der Waals surface area contributed by atoms with E-state index in [4.69, 9.17) is 39.6 Å². The standard InChI is InChI=1S/C26H26Cl2N4O3/c1-29-20-6-8-23(30-15-20)26(17-34)31-10-11-32(25(16-31)18-2-4-19(27)5-3-18)24-9-7-21(14-22(24)28)35-13-12-33/h2-9,14-15,25-26,33-34H,10-13,16-17H2/t25-,26+/m0/s1. The van der Waals surface area contributed by atoms with E-state index in [-0.39, 0.29) is 31.9 Å². The number of ether oxygens (including phenoxy) is 1. The Morgan fingerprint density at radius 3 is 2.51 bits per heavy atom. The monoisotopic (exact) mass is 512 g/mol. The molecule has 0 bridgehead atoms. The van der Waals surface area contributed by atoms with Gasteiger partial charge in [0.05, 0.1) is 48.3 Å². The van der Waals surface area contributed by atoms with Crippen molar-refractivity contribution in [2.24, 2.45) is 0 Å². The van der Waals surface area contributed by atoms with Gasteiger partial charge < -0.3 is 19.8 Å². The lowest BCUT2D eigenvalue weighted by atomic mass is 9.99. The molecule has 2 heterocycles. The maximum absolute atomic E-state index is 10.3. The first-order valence-electron chi connectivity index (χ1n) is 11.3. The number of halogens is 2. The third-order valence-electron chi connectivity index (χ3n) is 6.11. The summed E-state index contributed by atoms with van der Waals surface area (Å²) in [4.78, 5) is 12.3. The van der Waals surface area contributed by atoms with Crippen molar-refractivity contribution in [3.05, 3.63) is 93.5 Å². The zero-order chi connectivity index (χ0) is 24.8. The van der Waals surface area contributed by atoms with Gasteiger partial charge in [-0.15, -0.1) is 0 Å². The van der Waals surface area contributed by atoms with Gasteiger partial charge in [0.2, 0.25) is 5.69 Å². The molecule has 2 aromatic carbocycles. The summed E-state index contributed by atoms with van der Waals surface area (Å²) < 4.78 is 5.50. The molecule has 0 amide bonds. The summed E-state index contributed by atoms with van der Waals surface area (Å²) in [6, 6.07) is 16.5. The number of aromatic nitrogens is 1. The number of nitrogens with zero attached hydrogens (tertiary/aromatic N) is 4. The highest BCUT2D eigenvalue weighted by Crippen LogP contribution is 2.39. The van der Waals surface area contributed by atoms with E-state index in [9.17, 15) is 5.11 Å². The summed E-state index contributed by atoms with van der Waals surface area (Å²) in [5.74, 6) is 0.601. The molecule has 1 fully saturated rings. The topological polar surface area (TPSA) is 73.4 Å². The maximum atomic E-state index is 10.3. The number of pyridine rings is 1. The number of rotatable bonds is 8. The molecule has 1 saturated heterocycles. The highest BCUT2D eigenvalue weighted by atomic mass is 35.5. The molecule has 4 rings (SSSR count). The molecule has 1 aliphatic heterocycles. The average Bonchev–Trinajstić information content (AvgIpc) is 2.89. The van der Waals surface area contributed by atoms with Crippen molar-refractivity contribution < 1.29 is 14.9 Å². The fraction of sp³-hybridized carbons (Fsp3) is 0.308. The number of hydrogen-bond acceptors (Lipinski definition) is 6. The van der Waals surface area contributed by atoms with Gasteiger partial charge in [-0.3, -0.25) is 9.88 Å². The van der Waals surface area contributed by atoms with Crippen molar-refractivity contribution >= 4 is 34.6 Å². The second-order valence-electron chi connectivity index (χ2n) is 8.19. The van der Waals surface area contributed by atoms with Crippen molar-refractivity contribution in [1.29, 1.82) is 0 Å². The van der Waals surface area contributed by atoms with E-state index >= 15 is 0 Å². The van der Waals surface area contributed by atoms with Gasteiger partial charge in [-0.2, -0.15) is 0 Å². The van der Waals surface area contributed by atoms with Crippen LogP contribution >= 0.6 is 23.2 Å². The molecule has 9 heteroatoms. The zero-order valence-corrected chi connectivity index (χ0v) is 20.5. The molecule has 0 aliphatic carbocycles. The van der Waals surface area contributed by atoms with Crippen LogP contribution < -0.4 is 9.64 Å². The van der Waals surface area contributed by atoms with Crippen molar-refractivity contribution in [2.75, 3.05) is 44.4 Å². The van der Waals surface area contributed by atoms with Crippen molar-refractivity contribution in [3.8, 4) is 5.75 Å². The minimum Gasteiger partial charge on any atom is -0.491 e. The molecule has 35 heavy (non-hydrogen) atoms. The van der Waals surface area contributed by atoms with Crippen LogP contribution in [0.2, 0.25) is 10.0 Å². The van der Waals surface area contributed by atoms with E-state index in [2.05, 4.69) is 19.6 Å². The third-order valence-corrected chi connectivity index (χ3v) is 6.66. The van der Waals surface area contributed by atoms with Crippen LogP contribution in [0.5, 0.6) is 5.75 Å². The third kappa shape index (κ3) is 5.87. The molecule has 0 spiro atoms. The Morgan fingerprint density at radius 1 is 1.09 bits per heavy atom. The van der Waals surface area contributed by atoms with Gasteiger partial charge >= 0.3 is 0 Å².